The van der Waals surface area contributed by atoms with E-state index < -0.39 is 23.3 Å². The number of hydrogen-bond donors (Lipinski definition) is 0. The first-order valence-electron chi connectivity index (χ1n) is 17.1. The average Bonchev–Trinajstić information content (AvgIpc) is 3.97. The molecule has 0 saturated heterocycles. The fourth-order valence-corrected chi connectivity index (χ4v) is 6.40. The van der Waals surface area contributed by atoms with Gasteiger partial charge in [-0.1, -0.05) is 24.3 Å². The molecule has 6 aromatic rings. The minimum absolute atomic E-state index is 0. The Hall–Kier alpha value is -4.39. The van der Waals surface area contributed by atoms with Crippen molar-refractivity contribution in [2.45, 2.75) is 64.2 Å². The number of halogens is 4. The van der Waals surface area contributed by atoms with E-state index in [0.717, 1.165) is 61.3 Å². The van der Waals surface area contributed by atoms with Gasteiger partial charge in [0.25, 0.3) is 0 Å². The molecule has 0 radical (unpaired) electrons. The zero-order valence-corrected chi connectivity index (χ0v) is 30.6. The Balaban J connectivity index is 0.000000177. The van der Waals surface area contributed by atoms with E-state index in [2.05, 4.69) is 36.4 Å². The first-order valence-corrected chi connectivity index (χ1v) is 17.1. The third-order valence-electron chi connectivity index (χ3n) is 8.86. The van der Waals surface area contributed by atoms with Gasteiger partial charge in [0.2, 0.25) is 0 Å². The van der Waals surface area contributed by atoms with Gasteiger partial charge in [0, 0.05) is 57.9 Å². The smallest absolute Gasteiger partial charge is 0.369 e. The van der Waals surface area contributed by atoms with Crippen molar-refractivity contribution in [2.24, 2.45) is 0 Å². The molecule has 2 unspecified atom stereocenters. The van der Waals surface area contributed by atoms with Crippen molar-refractivity contribution in [1.82, 2.24) is 9.13 Å². The maximum atomic E-state index is 14.0. The maximum absolute atomic E-state index is 14.0. The average molecular weight is 723 g/mol. The first kappa shape index (κ1) is 39.4. The molecule has 0 spiro atoms. The Kier molecular flexibility index (Phi) is 15.3. The van der Waals surface area contributed by atoms with Crippen molar-refractivity contribution in [3.05, 3.63) is 192 Å². The van der Waals surface area contributed by atoms with E-state index >= 15 is 0 Å². The van der Waals surface area contributed by atoms with E-state index in [0.29, 0.717) is 23.2 Å². The van der Waals surface area contributed by atoms with E-state index in [1.54, 1.807) is 0 Å². The Morgan fingerprint density at radius 1 is 0.549 bits per heavy atom. The van der Waals surface area contributed by atoms with Crippen LogP contribution in [0.1, 0.15) is 73.1 Å². The van der Waals surface area contributed by atoms with Gasteiger partial charge in [0.05, 0.1) is 0 Å². The Morgan fingerprint density at radius 2 is 0.941 bits per heavy atom. The van der Waals surface area contributed by atoms with Crippen LogP contribution < -0.4 is 0 Å². The van der Waals surface area contributed by atoms with Gasteiger partial charge in [-0.05, 0) is 88.0 Å². The summed E-state index contributed by atoms with van der Waals surface area (Å²) in [4.78, 5) is 0. The van der Waals surface area contributed by atoms with Gasteiger partial charge in [-0.15, -0.1) is 36.4 Å². The zero-order valence-electron chi connectivity index (χ0n) is 29.0. The quantitative estimate of drug-likeness (QED) is 0.0742. The predicted octanol–water partition coefficient (Wildman–Crippen LogP) is 12.2. The van der Waals surface area contributed by atoms with E-state index in [9.17, 15) is 17.6 Å². The summed E-state index contributed by atoms with van der Waals surface area (Å²) >= 11 is 0. The molecule has 2 aliphatic rings. The van der Waals surface area contributed by atoms with Gasteiger partial charge >= 0.3 is 21.7 Å². The summed E-state index contributed by atoms with van der Waals surface area (Å²) in [7, 11) is 0. The second kappa shape index (κ2) is 19.9. The molecule has 4 aromatic carbocycles. The third-order valence-corrected chi connectivity index (χ3v) is 8.86. The molecule has 0 amide bonds. The van der Waals surface area contributed by atoms with Crippen LogP contribution in [0, 0.1) is 49.2 Å². The molecule has 0 fully saturated rings. The number of nitrogens with zero attached hydrogens (tertiary/aromatic N) is 2. The molecule has 51 heavy (non-hydrogen) atoms. The fourth-order valence-electron chi connectivity index (χ4n) is 6.40. The maximum Gasteiger partial charge on any atom is 4.00 e. The summed E-state index contributed by atoms with van der Waals surface area (Å²) in [6, 6.07) is 37.8. The number of allylic oxidation sites excluding steroid dienone is 4. The molecule has 2 aromatic heterocycles. The summed E-state index contributed by atoms with van der Waals surface area (Å²) < 4.78 is 57.9. The van der Waals surface area contributed by atoms with Crippen molar-refractivity contribution in [3.8, 4) is 11.4 Å². The molecule has 0 saturated carbocycles. The molecular formula is C44H42F4N2Ti. The minimum atomic E-state index is -0.668. The fraction of sp³-hybridized carbons (Fsp3) is 0.227. The van der Waals surface area contributed by atoms with E-state index in [4.69, 9.17) is 0 Å². The Labute approximate surface area is 314 Å². The molecule has 2 atom stereocenters. The first-order chi connectivity index (χ1) is 24.3. The molecule has 2 heterocycles. The van der Waals surface area contributed by atoms with Gasteiger partial charge in [0.15, 0.2) is 0 Å². The van der Waals surface area contributed by atoms with Crippen LogP contribution in [-0.4, -0.2) is 9.13 Å². The number of rotatable bonds is 4. The van der Waals surface area contributed by atoms with Gasteiger partial charge in [0.1, 0.15) is 0 Å². The topological polar surface area (TPSA) is 9.86 Å². The van der Waals surface area contributed by atoms with Gasteiger partial charge < -0.3 is 9.13 Å². The Morgan fingerprint density at radius 3 is 1.24 bits per heavy atom. The van der Waals surface area contributed by atoms with Crippen LogP contribution in [0.2, 0.25) is 0 Å². The molecule has 0 aliphatic heterocycles. The van der Waals surface area contributed by atoms with Crippen molar-refractivity contribution in [1.29, 1.82) is 0 Å². The van der Waals surface area contributed by atoms with Crippen LogP contribution in [0.5, 0.6) is 0 Å². The number of aryl methyl sites for hydroxylation is 2. The third kappa shape index (κ3) is 10.8. The Bertz CT molecular complexity index is 1770. The SMILES string of the molecule is Cc1ccc(C2CC=CCC2)n1-c1ccc(F)[c-]c1F.Cc1ccc(C2CC=CCC2)n1-c1ccc(F)[c-]c1F.[Ti+4].c1cc[cH-]c1.c1cc[cH-]c1. The molecule has 2 nitrogen and oxygen atoms in total. The standard InChI is InChI=1S/2C17H16F2N.2C5H5.Ti/c2*1-12-7-9-16(13-5-3-2-4-6-13)20(12)17-10-8-14(18)11-15(17)19;2*1-2-4-5-3-1;/h2*2-3,7-10,13H,4-6H2,1H3;2*1-5H;/q4*-1;+4. The molecular weight excluding hydrogens is 680 g/mol. The number of aromatic nitrogens is 2. The van der Waals surface area contributed by atoms with Crippen LogP contribution >= 0.6 is 0 Å². The van der Waals surface area contributed by atoms with E-state index in [1.165, 1.54) is 24.3 Å². The van der Waals surface area contributed by atoms with Gasteiger partial charge in [-0.25, -0.2) is 41.8 Å². The van der Waals surface area contributed by atoms with Gasteiger partial charge in [-0.2, -0.15) is 36.4 Å². The van der Waals surface area contributed by atoms with Crippen LogP contribution in [0.4, 0.5) is 17.6 Å². The van der Waals surface area contributed by atoms with Crippen LogP contribution in [-0.2, 0) is 21.7 Å². The molecule has 8 rings (SSSR count). The summed E-state index contributed by atoms with van der Waals surface area (Å²) in [5, 5.41) is 0. The molecule has 0 bridgehead atoms. The zero-order chi connectivity index (χ0) is 35.3. The second-order valence-electron chi connectivity index (χ2n) is 12.4. The summed E-state index contributed by atoms with van der Waals surface area (Å²) in [6.07, 6.45) is 14.9. The van der Waals surface area contributed by atoms with Crippen molar-refractivity contribution in [3.63, 3.8) is 0 Å². The van der Waals surface area contributed by atoms with Crippen LogP contribution in [0.15, 0.2) is 133 Å². The monoisotopic (exact) mass is 722 g/mol. The summed E-state index contributed by atoms with van der Waals surface area (Å²) in [6.45, 7) is 3.87. The largest absolute Gasteiger partial charge is 4.00 e. The van der Waals surface area contributed by atoms with Crippen LogP contribution in [0.3, 0.4) is 0 Å². The molecule has 7 heteroatoms. The number of hydrogen-bond acceptors (Lipinski definition) is 0. The molecule has 0 N–H and O–H groups in total. The molecule has 260 valence electrons. The van der Waals surface area contributed by atoms with E-state index in [-0.39, 0.29) is 21.7 Å². The van der Waals surface area contributed by atoms with Gasteiger partial charge in [-0.3, -0.25) is 0 Å². The number of benzene rings is 2. The predicted molar refractivity (Wildman–Crippen MR) is 194 cm³/mol. The van der Waals surface area contributed by atoms with E-state index in [1.807, 2.05) is 108 Å². The summed E-state index contributed by atoms with van der Waals surface area (Å²) in [5.41, 5.74) is 4.83. The minimum Gasteiger partial charge on any atom is -0.369 e. The van der Waals surface area contributed by atoms with Crippen molar-refractivity contribution in [2.75, 3.05) is 0 Å². The summed E-state index contributed by atoms with van der Waals surface area (Å²) in [5.74, 6) is -1.85. The normalized spacial score (nSPS) is 16.0. The molecule has 2 aliphatic carbocycles. The van der Waals surface area contributed by atoms with Crippen molar-refractivity contribution >= 4 is 0 Å². The van der Waals surface area contributed by atoms with Crippen LogP contribution in [0.25, 0.3) is 11.4 Å². The van der Waals surface area contributed by atoms with Crippen molar-refractivity contribution < 1.29 is 39.3 Å². The second-order valence-corrected chi connectivity index (χ2v) is 12.4.